The molecule has 2 aromatic rings. The number of anilines is 1. The standard InChI is InChI=1S/C12H15N3OS/c1-3-15(2)11(16)8-13-12-9-6-4-5-7-10(9)14-17-12/h4-7,13H,3,8H2,1-2H3. The Morgan fingerprint density at radius 1 is 1.47 bits per heavy atom. The van der Waals surface area contributed by atoms with Gasteiger partial charge in [-0.3, -0.25) is 4.79 Å². The summed E-state index contributed by atoms with van der Waals surface area (Å²) in [5, 5.41) is 5.18. The van der Waals surface area contributed by atoms with Gasteiger partial charge in [0.1, 0.15) is 5.00 Å². The lowest BCUT2D eigenvalue weighted by Crippen LogP contribution is -2.31. The van der Waals surface area contributed by atoms with Crippen LogP contribution in [0.5, 0.6) is 0 Å². The van der Waals surface area contributed by atoms with Crippen molar-refractivity contribution in [1.82, 2.24) is 9.27 Å². The monoisotopic (exact) mass is 249 g/mol. The van der Waals surface area contributed by atoms with Crippen molar-refractivity contribution in [2.45, 2.75) is 6.92 Å². The molecule has 1 amide bonds. The van der Waals surface area contributed by atoms with Gasteiger partial charge in [-0.1, -0.05) is 12.1 Å². The first-order valence-corrected chi connectivity index (χ1v) is 6.32. The first-order chi connectivity index (χ1) is 8.22. The van der Waals surface area contributed by atoms with E-state index < -0.39 is 0 Å². The average molecular weight is 249 g/mol. The van der Waals surface area contributed by atoms with Crippen LogP contribution < -0.4 is 5.32 Å². The highest BCUT2D eigenvalue weighted by Crippen LogP contribution is 2.26. The van der Waals surface area contributed by atoms with Crippen LogP contribution in [0.25, 0.3) is 10.9 Å². The molecule has 1 aromatic carbocycles. The summed E-state index contributed by atoms with van der Waals surface area (Å²) in [7, 11) is 1.80. The maximum atomic E-state index is 11.7. The number of rotatable bonds is 4. The zero-order valence-electron chi connectivity index (χ0n) is 9.93. The highest BCUT2D eigenvalue weighted by atomic mass is 32.1. The molecule has 0 aliphatic rings. The van der Waals surface area contributed by atoms with Crippen molar-refractivity contribution in [2.75, 3.05) is 25.5 Å². The minimum Gasteiger partial charge on any atom is -0.366 e. The fraction of sp³-hybridized carbons (Fsp3) is 0.333. The molecule has 0 saturated heterocycles. The van der Waals surface area contributed by atoms with Crippen molar-refractivity contribution in [3.8, 4) is 0 Å². The van der Waals surface area contributed by atoms with Crippen LogP contribution in [0.2, 0.25) is 0 Å². The topological polar surface area (TPSA) is 45.2 Å². The molecule has 0 atom stereocenters. The number of carbonyl (C=O) groups is 1. The van der Waals surface area contributed by atoms with E-state index in [0.717, 1.165) is 22.4 Å². The number of benzene rings is 1. The summed E-state index contributed by atoms with van der Waals surface area (Å²) < 4.78 is 4.32. The van der Waals surface area contributed by atoms with Crippen molar-refractivity contribution in [3.05, 3.63) is 24.3 Å². The third-order valence-corrected chi connectivity index (χ3v) is 3.52. The third-order valence-electron chi connectivity index (χ3n) is 2.68. The molecule has 2 rings (SSSR count). The molecule has 0 aliphatic heterocycles. The van der Waals surface area contributed by atoms with Crippen LogP contribution in [-0.2, 0) is 4.79 Å². The largest absolute Gasteiger partial charge is 0.366 e. The smallest absolute Gasteiger partial charge is 0.241 e. The Morgan fingerprint density at radius 3 is 3.00 bits per heavy atom. The van der Waals surface area contributed by atoms with Crippen molar-refractivity contribution in [3.63, 3.8) is 0 Å². The van der Waals surface area contributed by atoms with E-state index >= 15 is 0 Å². The van der Waals surface area contributed by atoms with Crippen molar-refractivity contribution in [1.29, 1.82) is 0 Å². The van der Waals surface area contributed by atoms with Crippen molar-refractivity contribution < 1.29 is 4.79 Å². The van der Waals surface area contributed by atoms with E-state index in [1.54, 1.807) is 11.9 Å². The summed E-state index contributed by atoms with van der Waals surface area (Å²) in [5.41, 5.74) is 0.969. The van der Waals surface area contributed by atoms with Crippen LogP contribution >= 0.6 is 11.5 Å². The molecule has 5 heteroatoms. The predicted octanol–water partition coefficient (Wildman–Crippen LogP) is 2.19. The quantitative estimate of drug-likeness (QED) is 0.903. The summed E-state index contributed by atoms with van der Waals surface area (Å²) in [6.45, 7) is 3.00. The van der Waals surface area contributed by atoms with Gasteiger partial charge in [0.25, 0.3) is 0 Å². The van der Waals surface area contributed by atoms with Crippen molar-refractivity contribution in [2.24, 2.45) is 0 Å². The Labute approximate surface area is 104 Å². The van der Waals surface area contributed by atoms with Crippen LogP contribution in [0, 0.1) is 0 Å². The molecule has 0 spiro atoms. The Hall–Kier alpha value is -1.62. The van der Waals surface area contributed by atoms with E-state index in [0.29, 0.717) is 6.54 Å². The molecule has 0 fully saturated rings. The zero-order chi connectivity index (χ0) is 12.3. The Morgan fingerprint density at radius 2 is 2.24 bits per heavy atom. The summed E-state index contributed by atoms with van der Waals surface area (Å²) in [4.78, 5) is 13.3. The van der Waals surface area contributed by atoms with Gasteiger partial charge in [0.2, 0.25) is 5.91 Å². The van der Waals surface area contributed by atoms with Gasteiger partial charge in [0.15, 0.2) is 0 Å². The van der Waals surface area contributed by atoms with Gasteiger partial charge in [-0.15, -0.1) is 0 Å². The van der Waals surface area contributed by atoms with E-state index in [2.05, 4.69) is 9.69 Å². The molecular weight excluding hydrogens is 234 g/mol. The van der Waals surface area contributed by atoms with Gasteiger partial charge < -0.3 is 10.2 Å². The van der Waals surface area contributed by atoms with E-state index in [-0.39, 0.29) is 5.91 Å². The first-order valence-electron chi connectivity index (χ1n) is 5.54. The number of carbonyl (C=O) groups excluding carboxylic acids is 1. The SMILES string of the molecule is CCN(C)C(=O)CNc1snc2ccccc12. The lowest BCUT2D eigenvalue weighted by Gasteiger charge is -2.14. The second-order valence-corrected chi connectivity index (χ2v) is 4.56. The fourth-order valence-corrected chi connectivity index (χ4v) is 2.24. The number of hydrogen-bond acceptors (Lipinski definition) is 4. The number of nitrogens with zero attached hydrogens (tertiary/aromatic N) is 2. The van der Waals surface area contributed by atoms with Gasteiger partial charge in [0.05, 0.1) is 12.1 Å². The van der Waals surface area contributed by atoms with Gasteiger partial charge in [0, 0.05) is 19.0 Å². The van der Waals surface area contributed by atoms with Gasteiger partial charge in [-0.25, -0.2) is 0 Å². The van der Waals surface area contributed by atoms with Crippen LogP contribution in [0.4, 0.5) is 5.00 Å². The number of amides is 1. The number of fused-ring (bicyclic) bond motifs is 1. The van der Waals surface area contributed by atoms with E-state index in [9.17, 15) is 4.79 Å². The van der Waals surface area contributed by atoms with Crippen molar-refractivity contribution >= 4 is 33.3 Å². The van der Waals surface area contributed by atoms with E-state index in [1.165, 1.54) is 11.5 Å². The molecule has 0 saturated carbocycles. The lowest BCUT2D eigenvalue weighted by atomic mass is 10.2. The second-order valence-electron chi connectivity index (χ2n) is 3.79. The summed E-state index contributed by atoms with van der Waals surface area (Å²) in [5.74, 6) is 0.0879. The molecule has 1 heterocycles. The van der Waals surface area contributed by atoms with Crippen LogP contribution in [0.1, 0.15) is 6.92 Å². The van der Waals surface area contributed by atoms with Gasteiger partial charge in [-0.2, -0.15) is 4.37 Å². The first kappa shape index (κ1) is 11.9. The number of likely N-dealkylation sites (N-methyl/N-ethyl adjacent to an activating group) is 1. The molecule has 1 aromatic heterocycles. The lowest BCUT2D eigenvalue weighted by molar-refractivity contribution is -0.127. The van der Waals surface area contributed by atoms with Gasteiger partial charge >= 0.3 is 0 Å². The number of nitrogens with one attached hydrogen (secondary N) is 1. The molecular formula is C12H15N3OS. The molecule has 0 aliphatic carbocycles. The highest BCUT2D eigenvalue weighted by Gasteiger charge is 2.09. The summed E-state index contributed by atoms with van der Waals surface area (Å²) in [6.07, 6.45) is 0. The Balaban J connectivity index is 2.07. The summed E-state index contributed by atoms with van der Waals surface area (Å²) >= 11 is 1.39. The molecule has 17 heavy (non-hydrogen) atoms. The summed E-state index contributed by atoms with van der Waals surface area (Å²) in [6, 6.07) is 7.91. The second kappa shape index (κ2) is 5.14. The maximum Gasteiger partial charge on any atom is 0.241 e. The molecule has 0 radical (unpaired) electrons. The molecule has 0 unspecified atom stereocenters. The predicted molar refractivity (Wildman–Crippen MR) is 71.4 cm³/mol. The van der Waals surface area contributed by atoms with E-state index in [1.807, 2.05) is 31.2 Å². The van der Waals surface area contributed by atoms with Crippen LogP contribution in [-0.4, -0.2) is 35.3 Å². The van der Waals surface area contributed by atoms with Gasteiger partial charge in [-0.05, 0) is 30.6 Å². The number of aromatic nitrogens is 1. The van der Waals surface area contributed by atoms with E-state index in [4.69, 9.17) is 0 Å². The number of hydrogen-bond donors (Lipinski definition) is 1. The minimum absolute atomic E-state index is 0.0879. The maximum absolute atomic E-state index is 11.7. The molecule has 1 N–H and O–H groups in total. The normalized spacial score (nSPS) is 10.5. The fourth-order valence-electron chi connectivity index (χ4n) is 1.48. The molecule has 90 valence electrons. The highest BCUT2D eigenvalue weighted by molar-refractivity contribution is 7.11. The average Bonchev–Trinajstić information content (AvgIpc) is 2.78. The third kappa shape index (κ3) is 2.55. The molecule has 0 bridgehead atoms. The van der Waals surface area contributed by atoms with Crippen LogP contribution in [0.3, 0.4) is 0 Å². The Bertz CT molecular complexity index is 523. The van der Waals surface area contributed by atoms with Crippen LogP contribution in [0.15, 0.2) is 24.3 Å². The molecule has 4 nitrogen and oxygen atoms in total. The minimum atomic E-state index is 0.0879. The zero-order valence-corrected chi connectivity index (χ0v) is 10.8. The Kier molecular flexibility index (Phi) is 3.58.